The second-order valence-corrected chi connectivity index (χ2v) is 10.9. The maximum atomic E-state index is 11.0. The van der Waals surface area contributed by atoms with Gasteiger partial charge in [0.15, 0.2) is 0 Å². The summed E-state index contributed by atoms with van der Waals surface area (Å²) < 4.78 is 0.0424. The molecule has 6 rings (SSSR count). The third-order valence-corrected chi connectivity index (χ3v) is 9.73. The van der Waals surface area contributed by atoms with Gasteiger partial charge in [-0.3, -0.25) is 0 Å². The summed E-state index contributed by atoms with van der Waals surface area (Å²) in [5, 5.41) is 11.0. The first kappa shape index (κ1) is 9.35. The fraction of sp³-hybridized carbons (Fsp3) is 1.00. The average molecular weight is 399 g/mol. The topological polar surface area (TPSA) is 20.2 Å². The fourth-order valence-corrected chi connectivity index (χ4v) is 10.4. The van der Waals surface area contributed by atoms with Crippen LogP contribution in [0.15, 0.2) is 0 Å². The standard InChI is InChI=1S/C11H11Br3O/c12-9-5-3-1-2-4(5)8-10(9,15)6(3)7(2)11(8,13)14/h2-9,15H,1H2/t2?,3?,4?,5?,6?,7?,8?,9-,10?/m1/s1. The van der Waals surface area contributed by atoms with E-state index >= 15 is 0 Å². The molecule has 1 N–H and O–H groups in total. The first-order valence-electron chi connectivity index (χ1n) is 5.75. The molecule has 0 spiro atoms. The zero-order chi connectivity index (χ0) is 10.3. The second kappa shape index (κ2) is 2.17. The Morgan fingerprint density at radius 3 is 2.40 bits per heavy atom. The van der Waals surface area contributed by atoms with E-state index in [9.17, 15) is 5.11 Å². The van der Waals surface area contributed by atoms with Crippen molar-refractivity contribution in [1.82, 2.24) is 0 Å². The van der Waals surface area contributed by atoms with Gasteiger partial charge in [-0.1, -0.05) is 47.8 Å². The second-order valence-electron chi connectivity index (χ2n) is 6.21. The molecule has 9 atom stereocenters. The van der Waals surface area contributed by atoms with E-state index in [0.29, 0.717) is 22.6 Å². The number of alkyl halides is 3. The van der Waals surface area contributed by atoms with E-state index in [1.165, 1.54) is 6.42 Å². The van der Waals surface area contributed by atoms with Crippen LogP contribution >= 0.6 is 47.8 Å². The lowest BCUT2D eigenvalue weighted by atomic mass is 9.69. The minimum Gasteiger partial charge on any atom is -0.388 e. The smallest absolute Gasteiger partial charge is 0.0898 e. The normalized spacial score (nSPS) is 79.2. The summed E-state index contributed by atoms with van der Waals surface area (Å²) in [7, 11) is 0. The van der Waals surface area contributed by atoms with Crippen LogP contribution in [-0.2, 0) is 0 Å². The van der Waals surface area contributed by atoms with Gasteiger partial charge in [-0.25, -0.2) is 0 Å². The number of hydrogen-bond acceptors (Lipinski definition) is 1. The Morgan fingerprint density at radius 1 is 1.07 bits per heavy atom. The molecule has 4 heteroatoms. The van der Waals surface area contributed by atoms with E-state index in [1.54, 1.807) is 0 Å². The number of aliphatic hydroxyl groups is 1. The van der Waals surface area contributed by atoms with Gasteiger partial charge in [-0.15, -0.1) is 0 Å². The third kappa shape index (κ3) is 0.609. The van der Waals surface area contributed by atoms with Crippen LogP contribution in [0.25, 0.3) is 0 Å². The maximum Gasteiger partial charge on any atom is 0.0898 e. The van der Waals surface area contributed by atoms with Crippen molar-refractivity contribution in [1.29, 1.82) is 0 Å². The molecule has 0 saturated heterocycles. The van der Waals surface area contributed by atoms with Crippen LogP contribution in [0.3, 0.4) is 0 Å². The van der Waals surface area contributed by atoms with E-state index in [0.717, 1.165) is 23.7 Å². The summed E-state index contributed by atoms with van der Waals surface area (Å²) in [6, 6.07) is 0. The summed E-state index contributed by atoms with van der Waals surface area (Å²) in [5.41, 5.74) is -0.412. The molecule has 6 aliphatic rings. The van der Waals surface area contributed by atoms with Crippen molar-refractivity contribution >= 4 is 47.8 Å². The van der Waals surface area contributed by atoms with Gasteiger partial charge in [-0.2, -0.15) is 0 Å². The number of halogens is 3. The van der Waals surface area contributed by atoms with Gasteiger partial charge in [0, 0.05) is 10.7 Å². The van der Waals surface area contributed by atoms with Gasteiger partial charge in [-0.05, 0) is 41.9 Å². The summed E-state index contributed by atoms with van der Waals surface area (Å²) in [5.74, 6) is 4.93. The van der Waals surface area contributed by atoms with Crippen molar-refractivity contribution in [2.24, 2.45) is 41.4 Å². The minimum atomic E-state index is -0.412. The molecule has 1 nitrogen and oxygen atoms in total. The lowest BCUT2D eigenvalue weighted by Crippen LogP contribution is -2.46. The summed E-state index contributed by atoms with van der Waals surface area (Å²) in [6.45, 7) is 0. The van der Waals surface area contributed by atoms with Crippen LogP contribution in [0.1, 0.15) is 6.42 Å². The van der Waals surface area contributed by atoms with Crippen molar-refractivity contribution < 1.29 is 5.11 Å². The molecule has 0 aromatic rings. The van der Waals surface area contributed by atoms with E-state index in [4.69, 9.17) is 0 Å². The molecule has 0 radical (unpaired) electrons. The molecule has 0 aliphatic heterocycles. The zero-order valence-corrected chi connectivity index (χ0v) is 12.7. The summed E-state index contributed by atoms with van der Waals surface area (Å²) in [4.78, 5) is 0.363. The molecule has 0 heterocycles. The van der Waals surface area contributed by atoms with Crippen LogP contribution in [-0.4, -0.2) is 18.8 Å². The quantitative estimate of drug-likeness (QED) is 0.622. The van der Waals surface area contributed by atoms with Crippen LogP contribution in [0, 0.1) is 41.4 Å². The van der Waals surface area contributed by atoms with Crippen molar-refractivity contribution in [3.05, 3.63) is 0 Å². The van der Waals surface area contributed by atoms with Crippen molar-refractivity contribution in [3.8, 4) is 0 Å². The molecule has 0 amide bonds. The molecule has 6 saturated carbocycles. The molecule has 0 aromatic carbocycles. The van der Waals surface area contributed by atoms with Crippen molar-refractivity contribution in [3.63, 3.8) is 0 Å². The first-order valence-corrected chi connectivity index (χ1v) is 8.25. The Morgan fingerprint density at radius 2 is 1.73 bits per heavy atom. The van der Waals surface area contributed by atoms with Crippen LogP contribution < -0.4 is 0 Å². The van der Waals surface area contributed by atoms with Gasteiger partial charge >= 0.3 is 0 Å². The highest BCUT2D eigenvalue weighted by atomic mass is 79.9. The SMILES string of the molecule is OC12C3C4CC5C(C4[C@H]1Br)C2C(Br)(Br)C53. The van der Waals surface area contributed by atoms with Crippen molar-refractivity contribution in [2.75, 3.05) is 0 Å². The van der Waals surface area contributed by atoms with Crippen molar-refractivity contribution in [2.45, 2.75) is 20.1 Å². The molecule has 8 unspecified atom stereocenters. The van der Waals surface area contributed by atoms with Crippen LogP contribution in [0.2, 0.25) is 0 Å². The molecule has 6 fully saturated rings. The van der Waals surface area contributed by atoms with Gasteiger partial charge in [0.25, 0.3) is 0 Å². The first-order chi connectivity index (χ1) is 7.00. The minimum absolute atomic E-state index is 0.0424. The molecular weight excluding hydrogens is 388 g/mol. The van der Waals surface area contributed by atoms with Gasteiger partial charge in [0.2, 0.25) is 0 Å². The molecule has 0 aromatic heterocycles. The number of hydrogen-bond donors (Lipinski definition) is 1. The summed E-state index contributed by atoms with van der Waals surface area (Å²) >= 11 is 11.6. The molecular formula is C11H11Br3O. The molecule has 15 heavy (non-hydrogen) atoms. The Balaban J connectivity index is 1.88. The molecule has 82 valence electrons. The van der Waals surface area contributed by atoms with E-state index in [2.05, 4.69) is 47.8 Å². The Kier molecular flexibility index (Phi) is 1.35. The Hall–Kier alpha value is 1.40. The van der Waals surface area contributed by atoms with Crippen LogP contribution in [0.4, 0.5) is 0 Å². The fourth-order valence-electron chi connectivity index (χ4n) is 6.49. The predicted octanol–water partition coefficient (Wildman–Crippen LogP) is 2.74. The molecule has 6 aliphatic carbocycles. The highest BCUT2D eigenvalue weighted by molar-refractivity contribution is 9.25. The monoisotopic (exact) mass is 396 g/mol. The number of rotatable bonds is 0. The van der Waals surface area contributed by atoms with Gasteiger partial charge in [0.1, 0.15) is 0 Å². The summed E-state index contributed by atoms with van der Waals surface area (Å²) in [6.07, 6.45) is 1.38. The zero-order valence-electron chi connectivity index (χ0n) is 7.91. The lowest BCUT2D eigenvalue weighted by Gasteiger charge is -2.38. The lowest BCUT2D eigenvalue weighted by molar-refractivity contribution is -0.0514. The average Bonchev–Trinajstić information content (AvgIpc) is 2.81. The van der Waals surface area contributed by atoms with E-state index in [1.807, 2.05) is 0 Å². The molecule has 6 bridgehead atoms. The maximum absolute atomic E-state index is 11.0. The highest BCUT2D eigenvalue weighted by Gasteiger charge is 2.91. The van der Waals surface area contributed by atoms with Gasteiger partial charge in [0.05, 0.1) is 8.83 Å². The van der Waals surface area contributed by atoms with Crippen LogP contribution in [0.5, 0.6) is 0 Å². The Labute approximate surface area is 114 Å². The highest BCUT2D eigenvalue weighted by Crippen LogP contribution is 2.89. The van der Waals surface area contributed by atoms with E-state index < -0.39 is 5.60 Å². The van der Waals surface area contributed by atoms with E-state index in [-0.39, 0.29) is 3.23 Å². The Bertz CT molecular complexity index is 395. The largest absolute Gasteiger partial charge is 0.388 e. The predicted molar refractivity (Wildman–Crippen MR) is 67.3 cm³/mol. The van der Waals surface area contributed by atoms with Gasteiger partial charge < -0.3 is 5.11 Å². The third-order valence-electron chi connectivity index (χ3n) is 6.34.